The molecule has 0 aromatic heterocycles. The topological polar surface area (TPSA) is 64.5 Å². The van der Waals surface area contributed by atoms with Crippen LogP contribution in [0.4, 0.5) is 22.7 Å². The summed E-state index contributed by atoms with van der Waals surface area (Å²) >= 11 is -0.556. The molecule has 0 aliphatic rings. The van der Waals surface area contributed by atoms with E-state index in [1.807, 2.05) is 0 Å². The molecule has 0 aliphatic heterocycles. The van der Waals surface area contributed by atoms with Gasteiger partial charge in [0.1, 0.15) is 11.5 Å². The third-order valence-corrected chi connectivity index (χ3v) is 7.74. The van der Waals surface area contributed by atoms with Crippen molar-refractivity contribution < 1.29 is 27.2 Å². The van der Waals surface area contributed by atoms with Gasteiger partial charge in [-0.3, -0.25) is 0 Å². The molecule has 0 heterocycles. The fourth-order valence-corrected chi connectivity index (χ4v) is 4.78. The molecule has 0 spiro atoms. The van der Waals surface area contributed by atoms with Gasteiger partial charge in [0, 0.05) is 11.1 Å². The molecule has 0 radical (unpaired) electrons. The van der Waals surface area contributed by atoms with E-state index in [2.05, 4.69) is 144 Å². The first-order valence-corrected chi connectivity index (χ1v) is 19.1. The quantitative estimate of drug-likeness (QED) is 0.166. The number of benzene rings is 3. The van der Waals surface area contributed by atoms with Crippen LogP contribution in [0.3, 0.4) is 0 Å². The van der Waals surface area contributed by atoms with Crippen LogP contribution in [0.5, 0.6) is 11.5 Å². The summed E-state index contributed by atoms with van der Waals surface area (Å²) in [6.45, 7) is 30.1. The zero-order chi connectivity index (χ0) is 33.3. The Morgan fingerprint density at radius 1 is 0.488 bits per heavy atom. The maximum atomic E-state index is 11.5. The summed E-state index contributed by atoms with van der Waals surface area (Å²) < 4.78 is 0. The van der Waals surface area contributed by atoms with Gasteiger partial charge in [-0.05, 0) is 82.0 Å². The number of hydrogen-bond donors (Lipinski definition) is 4. The molecule has 4 nitrogen and oxygen atoms in total. The first kappa shape index (κ1) is 37.3. The van der Waals surface area contributed by atoms with Crippen molar-refractivity contribution in [1.82, 2.24) is 0 Å². The number of anilines is 4. The molecule has 236 valence electrons. The van der Waals surface area contributed by atoms with Crippen molar-refractivity contribution >= 4 is 41.4 Å². The van der Waals surface area contributed by atoms with Crippen molar-refractivity contribution in [2.24, 2.45) is 0 Å². The van der Waals surface area contributed by atoms with E-state index in [0.717, 1.165) is 44.8 Å². The first-order valence-electron chi connectivity index (χ1n) is 14.8. The summed E-state index contributed by atoms with van der Waals surface area (Å²) in [7, 11) is 9.78. The van der Waals surface area contributed by atoms with Crippen LogP contribution >= 0.6 is 18.6 Å². The average molecular weight is 664 g/mol. The van der Waals surface area contributed by atoms with Crippen molar-refractivity contribution in [3.8, 4) is 11.5 Å². The van der Waals surface area contributed by atoms with Crippen molar-refractivity contribution in [1.29, 1.82) is 0 Å². The van der Waals surface area contributed by atoms with E-state index in [1.54, 1.807) is 0 Å². The molecule has 0 bridgehead atoms. The molecular formula is C36H52Cl2N2O2Ti. The van der Waals surface area contributed by atoms with Crippen LogP contribution in [0, 0.1) is 13.8 Å². The van der Waals surface area contributed by atoms with E-state index in [1.165, 1.54) is 0 Å². The second-order valence-electron chi connectivity index (χ2n) is 15.6. The molecule has 3 rings (SSSR count). The third-order valence-electron chi connectivity index (χ3n) is 7.74. The summed E-state index contributed by atoms with van der Waals surface area (Å²) in [5.41, 5.74) is 8.79. The van der Waals surface area contributed by atoms with Gasteiger partial charge >= 0.3 is 35.6 Å². The predicted molar refractivity (Wildman–Crippen MR) is 185 cm³/mol. The fraction of sp³-hybridized carbons (Fsp3) is 0.500. The molecule has 0 saturated heterocycles. The summed E-state index contributed by atoms with van der Waals surface area (Å²) in [6, 6.07) is 12.6. The zero-order valence-electron chi connectivity index (χ0n) is 28.6. The Hall–Kier alpha value is -1.85. The second kappa shape index (κ2) is 13.7. The summed E-state index contributed by atoms with van der Waals surface area (Å²) in [5, 5.41) is 30.0. The van der Waals surface area contributed by atoms with Crippen molar-refractivity contribution in [2.45, 2.75) is 119 Å². The van der Waals surface area contributed by atoms with Crippen LogP contribution in [0.25, 0.3) is 0 Å². The maximum absolute atomic E-state index is 11.5. The molecule has 0 atom stereocenters. The van der Waals surface area contributed by atoms with E-state index in [0.29, 0.717) is 11.4 Å². The number of halogens is 2. The van der Waals surface area contributed by atoms with Gasteiger partial charge in [0.2, 0.25) is 0 Å². The van der Waals surface area contributed by atoms with Crippen molar-refractivity contribution in [3.63, 3.8) is 0 Å². The Morgan fingerprint density at radius 2 is 0.767 bits per heavy atom. The Labute approximate surface area is 277 Å². The molecule has 0 amide bonds. The zero-order valence-corrected chi connectivity index (χ0v) is 31.7. The van der Waals surface area contributed by atoms with E-state index in [9.17, 15) is 10.2 Å². The van der Waals surface area contributed by atoms with Gasteiger partial charge < -0.3 is 20.8 Å². The Balaban J connectivity index is 0.00000206. The van der Waals surface area contributed by atoms with E-state index in [4.69, 9.17) is 18.6 Å². The minimum atomic E-state index is -0.556. The number of phenolic OH excluding ortho intramolecular Hbond substituents is 2. The van der Waals surface area contributed by atoms with Gasteiger partial charge in [-0.1, -0.05) is 95.2 Å². The molecule has 7 heteroatoms. The Morgan fingerprint density at radius 3 is 1.00 bits per heavy atom. The van der Waals surface area contributed by atoms with Gasteiger partial charge in [-0.25, -0.2) is 0 Å². The Kier molecular flexibility index (Phi) is 11.9. The van der Waals surface area contributed by atoms with Crippen LogP contribution in [-0.2, 0) is 38.7 Å². The summed E-state index contributed by atoms with van der Waals surface area (Å²) in [5.74, 6) is 0.523. The van der Waals surface area contributed by atoms with Crippen LogP contribution in [0.2, 0.25) is 0 Å². The monoisotopic (exact) mass is 662 g/mol. The predicted octanol–water partition coefficient (Wildman–Crippen LogP) is 11.8. The van der Waals surface area contributed by atoms with E-state index < -0.39 is 17.0 Å². The van der Waals surface area contributed by atoms with Crippen LogP contribution < -0.4 is 10.6 Å². The molecule has 3 aromatic rings. The molecule has 0 saturated carbocycles. The van der Waals surface area contributed by atoms with Crippen molar-refractivity contribution in [3.05, 3.63) is 69.8 Å². The average Bonchev–Trinajstić information content (AvgIpc) is 2.82. The summed E-state index contributed by atoms with van der Waals surface area (Å²) in [6.07, 6.45) is 0. The van der Waals surface area contributed by atoms with Crippen molar-refractivity contribution in [2.75, 3.05) is 10.6 Å². The number of rotatable bonds is 4. The van der Waals surface area contributed by atoms with Crippen LogP contribution in [-0.4, -0.2) is 10.2 Å². The number of phenols is 2. The SMILES string of the molecule is Cc1cc(Nc2cc(C(C)(C)C)cc(C(C)(C)C)c2O)c(Nc2cc(C(C)(C)C)cc(C(C)(C)C)c2O)cc1C.[Cl][Ti][Cl]. The fourth-order valence-electron chi connectivity index (χ4n) is 4.78. The number of aromatic hydroxyl groups is 2. The van der Waals surface area contributed by atoms with Crippen LogP contribution in [0.15, 0.2) is 36.4 Å². The number of hydrogen-bond acceptors (Lipinski definition) is 4. The second-order valence-corrected chi connectivity index (χ2v) is 18.2. The molecule has 0 unspecified atom stereocenters. The minimum absolute atomic E-state index is 0.0864. The van der Waals surface area contributed by atoms with E-state index in [-0.39, 0.29) is 33.2 Å². The standard InChI is InChI=1S/C36H52N2O2.2ClH.Ti/c1-21-15-27(37-29-19-23(33(3,4)5)17-25(31(29)39)35(9,10)11)28(16-22(21)2)38-30-20-24(34(6,7)8)18-26(32(30)40)36(12,13)14;;;/h15-20,37-40H,1-14H3;2*1H;/q;;;+2/p-2. The Bertz CT molecular complexity index is 1330. The molecule has 43 heavy (non-hydrogen) atoms. The third kappa shape index (κ3) is 9.57. The van der Waals surface area contributed by atoms with Gasteiger partial charge in [0.05, 0.1) is 22.7 Å². The summed E-state index contributed by atoms with van der Waals surface area (Å²) in [4.78, 5) is 0. The molecule has 0 aliphatic carbocycles. The molecular weight excluding hydrogens is 611 g/mol. The molecule has 4 N–H and O–H groups in total. The van der Waals surface area contributed by atoms with Gasteiger partial charge in [-0.2, -0.15) is 0 Å². The molecule has 0 fully saturated rings. The molecule has 3 aromatic carbocycles. The first-order chi connectivity index (χ1) is 19.4. The van der Waals surface area contributed by atoms with E-state index >= 15 is 0 Å². The van der Waals surface area contributed by atoms with Crippen LogP contribution in [0.1, 0.15) is 116 Å². The van der Waals surface area contributed by atoms with Gasteiger partial charge in [0.15, 0.2) is 0 Å². The normalized spacial score (nSPS) is 12.4. The number of aryl methyl sites for hydroxylation is 2. The van der Waals surface area contributed by atoms with Gasteiger partial charge in [0.25, 0.3) is 0 Å². The number of nitrogens with one attached hydrogen (secondary N) is 2. The van der Waals surface area contributed by atoms with Gasteiger partial charge in [-0.15, -0.1) is 0 Å².